The number of halogens is 4. The van der Waals surface area contributed by atoms with Crippen LogP contribution in [-0.4, -0.2) is 76.7 Å². The van der Waals surface area contributed by atoms with Crippen LogP contribution in [0.4, 0.5) is 8.78 Å². The zero-order valence-corrected chi connectivity index (χ0v) is 26.5. The second kappa shape index (κ2) is 13.8. The SMILES string of the molecule is COc1cc2c(Oc3c(Cl)cc(CS(=O)(=O)c4c(F)cccc4F)cc3Cl)ccnc2cc1OCCCN1CCN(C)CC1. The van der Waals surface area contributed by atoms with Crippen molar-refractivity contribution in [2.75, 3.05) is 53.5 Å². The van der Waals surface area contributed by atoms with Gasteiger partial charge >= 0.3 is 0 Å². The van der Waals surface area contributed by atoms with Crippen molar-refractivity contribution in [1.29, 1.82) is 0 Å². The van der Waals surface area contributed by atoms with Crippen LogP contribution >= 0.6 is 23.2 Å². The second-order valence-corrected chi connectivity index (χ2v) is 13.2. The van der Waals surface area contributed by atoms with Crippen LogP contribution in [0, 0.1) is 11.6 Å². The highest BCUT2D eigenvalue weighted by atomic mass is 35.5. The number of methoxy groups -OCH3 is 1. The molecule has 8 nitrogen and oxygen atoms in total. The Morgan fingerprint density at radius 2 is 1.61 bits per heavy atom. The van der Waals surface area contributed by atoms with Crippen molar-refractivity contribution < 1.29 is 31.4 Å². The molecule has 4 aromatic rings. The zero-order chi connectivity index (χ0) is 31.4. The maximum atomic E-state index is 14.2. The molecule has 0 atom stereocenters. The molecular weight excluding hydrogens is 635 g/mol. The lowest BCUT2D eigenvalue weighted by Crippen LogP contribution is -2.44. The molecule has 1 aromatic heterocycles. The average molecular weight is 667 g/mol. The number of aromatic nitrogens is 1. The van der Waals surface area contributed by atoms with Crippen LogP contribution in [0.1, 0.15) is 12.0 Å². The van der Waals surface area contributed by atoms with Gasteiger partial charge in [0.25, 0.3) is 0 Å². The van der Waals surface area contributed by atoms with Crippen molar-refractivity contribution in [3.05, 3.63) is 82.0 Å². The number of ether oxygens (including phenoxy) is 3. The third-order valence-corrected chi connectivity index (χ3v) is 9.60. The van der Waals surface area contributed by atoms with Crippen LogP contribution in [0.3, 0.4) is 0 Å². The molecule has 3 aromatic carbocycles. The van der Waals surface area contributed by atoms with Crippen molar-refractivity contribution in [2.45, 2.75) is 17.1 Å². The number of rotatable bonds is 11. The van der Waals surface area contributed by atoms with Crippen LogP contribution in [0.15, 0.2) is 59.6 Å². The monoisotopic (exact) mass is 665 g/mol. The van der Waals surface area contributed by atoms with Gasteiger partial charge in [0.1, 0.15) is 22.3 Å². The Kier molecular flexibility index (Phi) is 10.1. The van der Waals surface area contributed by atoms with Gasteiger partial charge in [0.05, 0.1) is 35.0 Å². The van der Waals surface area contributed by atoms with Gasteiger partial charge in [-0.3, -0.25) is 4.98 Å². The molecule has 0 N–H and O–H groups in total. The molecule has 0 unspecified atom stereocenters. The molecule has 1 fully saturated rings. The first-order chi connectivity index (χ1) is 21.1. The lowest BCUT2D eigenvalue weighted by atomic mass is 10.1. The number of nitrogens with zero attached hydrogens (tertiary/aromatic N) is 3. The molecule has 2 heterocycles. The number of hydrogen-bond acceptors (Lipinski definition) is 8. The molecule has 0 aliphatic carbocycles. The summed E-state index contributed by atoms with van der Waals surface area (Å²) >= 11 is 12.9. The molecule has 5 rings (SSSR count). The van der Waals surface area contributed by atoms with Gasteiger partial charge in [0.15, 0.2) is 27.1 Å². The molecule has 234 valence electrons. The largest absolute Gasteiger partial charge is 0.493 e. The molecule has 0 radical (unpaired) electrons. The summed E-state index contributed by atoms with van der Waals surface area (Å²) in [5.41, 5.74) is 0.713. The maximum Gasteiger partial charge on any atom is 0.188 e. The molecule has 1 aliphatic heterocycles. The van der Waals surface area contributed by atoms with E-state index < -0.39 is 32.1 Å². The summed E-state index contributed by atoms with van der Waals surface area (Å²) in [4.78, 5) is 8.19. The Morgan fingerprint density at radius 1 is 0.932 bits per heavy atom. The molecule has 1 aliphatic rings. The molecule has 0 amide bonds. The van der Waals surface area contributed by atoms with Crippen LogP contribution in [0.5, 0.6) is 23.0 Å². The van der Waals surface area contributed by atoms with E-state index in [0.29, 0.717) is 34.8 Å². The quantitative estimate of drug-likeness (QED) is 0.166. The van der Waals surface area contributed by atoms with E-state index in [2.05, 4.69) is 21.8 Å². The molecule has 13 heteroatoms. The number of likely N-dealkylation sites (N-methyl/N-ethyl adjacent to an activating group) is 1. The van der Waals surface area contributed by atoms with E-state index in [1.807, 2.05) is 0 Å². The van der Waals surface area contributed by atoms with Gasteiger partial charge < -0.3 is 24.0 Å². The fourth-order valence-electron chi connectivity index (χ4n) is 5.01. The van der Waals surface area contributed by atoms with Crippen molar-refractivity contribution in [1.82, 2.24) is 14.8 Å². The fraction of sp³-hybridized carbons (Fsp3) is 0.323. The van der Waals surface area contributed by atoms with E-state index in [9.17, 15) is 17.2 Å². The summed E-state index contributed by atoms with van der Waals surface area (Å²) < 4.78 is 71.7. The number of sulfone groups is 1. The number of pyridine rings is 1. The van der Waals surface area contributed by atoms with Crippen molar-refractivity contribution in [2.24, 2.45) is 0 Å². The highest BCUT2D eigenvalue weighted by Gasteiger charge is 2.25. The normalized spacial score (nSPS) is 14.6. The van der Waals surface area contributed by atoms with Gasteiger partial charge in [-0.05, 0) is 55.4 Å². The van der Waals surface area contributed by atoms with Gasteiger partial charge in [-0.1, -0.05) is 29.3 Å². The second-order valence-electron chi connectivity index (χ2n) is 10.5. The Balaban J connectivity index is 1.32. The van der Waals surface area contributed by atoms with Crippen LogP contribution < -0.4 is 14.2 Å². The number of hydrogen-bond donors (Lipinski definition) is 0. The van der Waals surface area contributed by atoms with E-state index in [4.69, 9.17) is 37.4 Å². The standard InChI is InChI=1S/C31H31Cl2F2N3O5S/c1-37-10-12-38(13-11-37)9-4-14-42-29-18-26-21(17-28(29)41-2)27(7-8-36-26)43-30-22(32)15-20(16-23(30)33)19-44(39,40)31-24(34)5-3-6-25(31)35/h3,5-8,15-18H,4,9-14,19H2,1-2H3. The smallest absolute Gasteiger partial charge is 0.188 e. The number of piperazine rings is 1. The minimum absolute atomic E-state index is 0.00827. The summed E-state index contributed by atoms with van der Waals surface area (Å²) in [7, 11) is -0.707. The summed E-state index contributed by atoms with van der Waals surface area (Å²) in [6, 6.07) is 10.7. The highest BCUT2D eigenvalue weighted by Crippen LogP contribution is 2.42. The lowest BCUT2D eigenvalue weighted by molar-refractivity contribution is 0.145. The van der Waals surface area contributed by atoms with Gasteiger partial charge in [0, 0.05) is 50.4 Å². The maximum absolute atomic E-state index is 14.2. The van der Waals surface area contributed by atoms with E-state index >= 15 is 0 Å². The van der Waals surface area contributed by atoms with Crippen molar-refractivity contribution in [3.63, 3.8) is 0 Å². The molecule has 1 saturated heterocycles. The minimum Gasteiger partial charge on any atom is -0.493 e. The zero-order valence-electron chi connectivity index (χ0n) is 24.2. The summed E-state index contributed by atoms with van der Waals surface area (Å²) in [6.45, 7) is 5.69. The van der Waals surface area contributed by atoms with Crippen molar-refractivity contribution >= 4 is 43.9 Å². The lowest BCUT2D eigenvalue weighted by Gasteiger charge is -2.32. The summed E-state index contributed by atoms with van der Waals surface area (Å²) in [5.74, 6) is -1.60. The third-order valence-electron chi connectivity index (χ3n) is 7.32. The Hall–Kier alpha value is -3.22. The number of benzene rings is 3. The summed E-state index contributed by atoms with van der Waals surface area (Å²) in [5, 5.41) is 0.617. The first-order valence-corrected chi connectivity index (χ1v) is 16.3. The van der Waals surface area contributed by atoms with Crippen LogP contribution in [0.2, 0.25) is 10.0 Å². The van der Waals surface area contributed by atoms with E-state index in [1.54, 1.807) is 31.5 Å². The van der Waals surface area contributed by atoms with Gasteiger partial charge in [-0.2, -0.15) is 0 Å². The van der Waals surface area contributed by atoms with Gasteiger partial charge in [-0.15, -0.1) is 0 Å². The predicted octanol–water partition coefficient (Wildman–Crippen LogP) is 6.61. The Bertz CT molecular complexity index is 1730. The molecule has 0 spiro atoms. The summed E-state index contributed by atoms with van der Waals surface area (Å²) in [6.07, 6.45) is 2.43. The van der Waals surface area contributed by atoms with Crippen molar-refractivity contribution in [3.8, 4) is 23.0 Å². The van der Waals surface area contributed by atoms with E-state index in [1.165, 1.54) is 12.1 Å². The Labute approximate surface area is 265 Å². The first-order valence-electron chi connectivity index (χ1n) is 13.9. The molecular formula is C31H31Cl2F2N3O5S. The predicted molar refractivity (Wildman–Crippen MR) is 166 cm³/mol. The highest BCUT2D eigenvalue weighted by molar-refractivity contribution is 7.90. The molecule has 44 heavy (non-hydrogen) atoms. The Morgan fingerprint density at radius 3 is 2.27 bits per heavy atom. The van der Waals surface area contributed by atoms with E-state index in [0.717, 1.165) is 57.3 Å². The van der Waals surface area contributed by atoms with Crippen LogP contribution in [-0.2, 0) is 15.6 Å². The molecule has 0 saturated carbocycles. The first kappa shape index (κ1) is 32.2. The van der Waals surface area contributed by atoms with Gasteiger partial charge in [0.2, 0.25) is 0 Å². The van der Waals surface area contributed by atoms with E-state index in [-0.39, 0.29) is 21.4 Å². The average Bonchev–Trinajstić information content (AvgIpc) is 2.97. The number of fused-ring (bicyclic) bond motifs is 1. The topological polar surface area (TPSA) is 81.2 Å². The minimum atomic E-state index is -4.38. The molecule has 0 bridgehead atoms. The van der Waals surface area contributed by atoms with Crippen LogP contribution in [0.25, 0.3) is 10.9 Å². The fourth-order valence-corrected chi connectivity index (χ4v) is 7.10. The van der Waals surface area contributed by atoms with Gasteiger partial charge in [-0.25, -0.2) is 17.2 Å². The third kappa shape index (κ3) is 7.35.